The second-order valence-electron chi connectivity index (χ2n) is 2.80. The Morgan fingerprint density at radius 2 is 0.786 bits per heavy atom. The molecule has 0 bridgehead atoms. The minimum Gasteiger partial charge on any atom is -0.487 e. The Morgan fingerprint density at radius 3 is 0.857 bits per heavy atom. The topological polar surface area (TPSA) is 92.5 Å². The molecule has 6 N–H and O–H groups in total. The van der Waals surface area contributed by atoms with Crippen LogP contribution in [0, 0.1) is 0 Å². The van der Waals surface area contributed by atoms with Gasteiger partial charge in [0.15, 0.2) is 0 Å². The second kappa shape index (κ2) is 12.4. The number of nitrogens with two attached hydrogens (primary N) is 2. The van der Waals surface area contributed by atoms with E-state index in [4.69, 9.17) is 10.2 Å². The fraction of sp³-hybridized carbons (Fsp3) is 0.750. The SMILES string of the molecule is C1CCCCC1.NC(O)=S.NC(O)=S. The molecule has 84 valence electrons. The Morgan fingerprint density at radius 1 is 0.714 bits per heavy atom. The first kappa shape index (κ1) is 15.8. The van der Waals surface area contributed by atoms with Gasteiger partial charge >= 0.3 is 0 Å². The van der Waals surface area contributed by atoms with Gasteiger partial charge < -0.3 is 21.7 Å². The van der Waals surface area contributed by atoms with Crippen molar-refractivity contribution < 1.29 is 10.2 Å². The fourth-order valence-corrected chi connectivity index (χ4v) is 1.06. The zero-order valence-corrected chi connectivity index (χ0v) is 9.74. The lowest BCUT2D eigenvalue weighted by Crippen LogP contribution is -2.03. The lowest BCUT2D eigenvalue weighted by Gasteiger charge is -2.05. The van der Waals surface area contributed by atoms with Crippen molar-refractivity contribution in [1.82, 2.24) is 0 Å². The first-order valence-electron chi connectivity index (χ1n) is 4.43. The summed E-state index contributed by atoms with van der Waals surface area (Å²) in [5.74, 6) is 0. The van der Waals surface area contributed by atoms with Crippen molar-refractivity contribution >= 4 is 34.8 Å². The molecule has 0 saturated heterocycles. The molecule has 14 heavy (non-hydrogen) atoms. The third kappa shape index (κ3) is 42.4. The molecule has 1 aliphatic rings. The van der Waals surface area contributed by atoms with E-state index in [9.17, 15) is 0 Å². The van der Waals surface area contributed by atoms with Crippen LogP contribution in [0.25, 0.3) is 0 Å². The predicted molar refractivity (Wildman–Crippen MR) is 66.5 cm³/mol. The van der Waals surface area contributed by atoms with Crippen LogP contribution in [-0.2, 0) is 0 Å². The van der Waals surface area contributed by atoms with Crippen molar-refractivity contribution in [3.8, 4) is 0 Å². The maximum atomic E-state index is 7.56. The minimum atomic E-state index is -0.500. The molecule has 1 rings (SSSR count). The van der Waals surface area contributed by atoms with Gasteiger partial charge in [0.05, 0.1) is 0 Å². The predicted octanol–water partition coefficient (Wildman–Crippen LogP) is 1.92. The van der Waals surface area contributed by atoms with Crippen LogP contribution in [0.2, 0.25) is 0 Å². The average Bonchev–Trinajstić information content (AvgIpc) is 2.05. The van der Waals surface area contributed by atoms with Crippen LogP contribution in [0.5, 0.6) is 0 Å². The standard InChI is InChI=1S/C6H12.2CH3NOS/c1-2-4-6-5-3-1;2*2-1(3)4/h1-6H2;2*(H3,2,3,4). The molecule has 0 aromatic heterocycles. The van der Waals surface area contributed by atoms with Gasteiger partial charge in [-0.15, -0.1) is 0 Å². The van der Waals surface area contributed by atoms with Crippen LogP contribution >= 0.6 is 24.4 Å². The Balaban J connectivity index is 0. The van der Waals surface area contributed by atoms with Crippen molar-refractivity contribution in [2.75, 3.05) is 0 Å². The molecule has 0 aromatic carbocycles. The molecule has 0 unspecified atom stereocenters. The van der Waals surface area contributed by atoms with Gasteiger partial charge in [0.1, 0.15) is 0 Å². The van der Waals surface area contributed by atoms with Gasteiger partial charge in [0.25, 0.3) is 10.3 Å². The molecular formula is C8H18N2O2S2. The Hall–Kier alpha value is -0.620. The van der Waals surface area contributed by atoms with E-state index in [0.717, 1.165) is 0 Å². The zero-order chi connectivity index (χ0) is 11.4. The van der Waals surface area contributed by atoms with Gasteiger partial charge in [-0.05, 0) is 24.4 Å². The van der Waals surface area contributed by atoms with Crippen LogP contribution in [0.15, 0.2) is 0 Å². The number of hydrogen-bond donors (Lipinski definition) is 4. The highest BCUT2D eigenvalue weighted by molar-refractivity contribution is 7.80. The normalized spacial score (nSPS) is 13.7. The van der Waals surface area contributed by atoms with Gasteiger partial charge in [0.2, 0.25) is 0 Å². The van der Waals surface area contributed by atoms with Crippen molar-refractivity contribution in [2.24, 2.45) is 11.5 Å². The van der Waals surface area contributed by atoms with Crippen LogP contribution < -0.4 is 11.5 Å². The summed E-state index contributed by atoms with van der Waals surface area (Å²) in [7, 11) is 0. The molecule has 4 nitrogen and oxygen atoms in total. The Bertz CT molecular complexity index is 130. The lowest BCUT2D eigenvalue weighted by atomic mass is 10.0. The average molecular weight is 238 g/mol. The van der Waals surface area contributed by atoms with Crippen LogP contribution in [0.1, 0.15) is 38.5 Å². The van der Waals surface area contributed by atoms with Gasteiger partial charge in [-0.25, -0.2) is 0 Å². The van der Waals surface area contributed by atoms with Gasteiger partial charge in [-0.2, -0.15) is 0 Å². The third-order valence-electron chi connectivity index (χ3n) is 1.50. The largest absolute Gasteiger partial charge is 0.487 e. The van der Waals surface area contributed by atoms with Crippen molar-refractivity contribution in [3.63, 3.8) is 0 Å². The molecule has 6 heteroatoms. The number of aliphatic hydroxyl groups is 2. The molecule has 0 radical (unpaired) electrons. The number of aliphatic hydroxyl groups excluding tert-OH is 2. The van der Waals surface area contributed by atoms with E-state index in [-0.39, 0.29) is 0 Å². The number of thiocarbonyl (C=S) groups is 2. The third-order valence-corrected chi connectivity index (χ3v) is 1.50. The summed E-state index contributed by atoms with van der Waals surface area (Å²) < 4.78 is 0. The smallest absolute Gasteiger partial charge is 0.251 e. The van der Waals surface area contributed by atoms with E-state index in [0.29, 0.717) is 0 Å². The molecule has 0 aromatic rings. The van der Waals surface area contributed by atoms with E-state index in [1.165, 1.54) is 38.5 Å². The van der Waals surface area contributed by atoms with Gasteiger partial charge in [-0.3, -0.25) is 0 Å². The van der Waals surface area contributed by atoms with E-state index in [2.05, 4.69) is 35.9 Å². The summed E-state index contributed by atoms with van der Waals surface area (Å²) >= 11 is 7.74. The second-order valence-corrected chi connectivity index (χ2v) is 3.63. The van der Waals surface area contributed by atoms with Crippen molar-refractivity contribution in [1.29, 1.82) is 0 Å². The molecule has 1 aliphatic carbocycles. The summed E-state index contributed by atoms with van der Waals surface area (Å²) in [6.07, 6.45) is 9.00. The molecule has 0 heterocycles. The van der Waals surface area contributed by atoms with Gasteiger partial charge in [-0.1, -0.05) is 38.5 Å². The van der Waals surface area contributed by atoms with Crippen LogP contribution in [0.3, 0.4) is 0 Å². The molecule has 1 fully saturated rings. The quantitative estimate of drug-likeness (QED) is 0.482. The first-order chi connectivity index (χ1) is 6.46. The highest BCUT2D eigenvalue weighted by Crippen LogP contribution is 2.15. The molecule has 0 atom stereocenters. The first-order valence-corrected chi connectivity index (χ1v) is 5.25. The molecule has 0 spiro atoms. The number of hydrogen-bond acceptors (Lipinski definition) is 2. The van der Waals surface area contributed by atoms with Crippen molar-refractivity contribution in [3.05, 3.63) is 0 Å². The van der Waals surface area contributed by atoms with E-state index in [1.54, 1.807) is 0 Å². The zero-order valence-electron chi connectivity index (χ0n) is 8.11. The van der Waals surface area contributed by atoms with E-state index in [1.807, 2.05) is 0 Å². The summed E-state index contributed by atoms with van der Waals surface area (Å²) in [5.41, 5.74) is 8.80. The molecule has 1 saturated carbocycles. The summed E-state index contributed by atoms with van der Waals surface area (Å²) in [4.78, 5) is 0. The molecule has 0 aliphatic heterocycles. The van der Waals surface area contributed by atoms with Crippen LogP contribution in [0.4, 0.5) is 0 Å². The van der Waals surface area contributed by atoms with E-state index < -0.39 is 10.3 Å². The highest BCUT2D eigenvalue weighted by Gasteiger charge is 1.95. The minimum absolute atomic E-state index is 0.500. The maximum absolute atomic E-state index is 7.56. The Kier molecular flexibility index (Phi) is 14.0. The van der Waals surface area contributed by atoms with Crippen molar-refractivity contribution in [2.45, 2.75) is 38.5 Å². The summed E-state index contributed by atoms with van der Waals surface area (Å²) in [5, 5.41) is 14.1. The summed E-state index contributed by atoms with van der Waals surface area (Å²) in [6.45, 7) is 0. The maximum Gasteiger partial charge on any atom is 0.251 e. The van der Waals surface area contributed by atoms with E-state index >= 15 is 0 Å². The summed E-state index contributed by atoms with van der Waals surface area (Å²) in [6, 6.07) is 0. The van der Waals surface area contributed by atoms with Gasteiger partial charge in [0, 0.05) is 0 Å². The monoisotopic (exact) mass is 238 g/mol. The Labute approximate surface area is 95.3 Å². The molecular weight excluding hydrogens is 220 g/mol. The number of rotatable bonds is 0. The van der Waals surface area contributed by atoms with Crippen LogP contribution in [-0.4, -0.2) is 20.6 Å². The molecule has 0 amide bonds. The fourth-order valence-electron chi connectivity index (χ4n) is 1.06. The highest BCUT2D eigenvalue weighted by atomic mass is 32.1. The lowest BCUT2D eigenvalue weighted by molar-refractivity contribution is 0.504.